The van der Waals surface area contributed by atoms with Gasteiger partial charge in [-0.15, -0.1) is 0 Å². The predicted octanol–water partition coefficient (Wildman–Crippen LogP) is 1.53. The average molecular weight is 365 g/mol. The highest BCUT2D eigenvalue weighted by molar-refractivity contribution is 5.89. The minimum Gasteiger partial charge on any atom is -0.467 e. The summed E-state index contributed by atoms with van der Waals surface area (Å²) >= 11 is 0. The molecule has 0 unspecified atom stereocenters. The van der Waals surface area contributed by atoms with E-state index in [1.807, 2.05) is 30.5 Å². The van der Waals surface area contributed by atoms with Crippen LogP contribution in [-0.2, 0) is 22.7 Å². The van der Waals surface area contributed by atoms with E-state index >= 15 is 0 Å². The number of amides is 2. The highest BCUT2D eigenvalue weighted by Gasteiger charge is 2.34. The molecule has 1 N–H and O–H groups in total. The van der Waals surface area contributed by atoms with Gasteiger partial charge >= 0.3 is 0 Å². The molecule has 8 heteroatoms. The smallest absolute Gasteiger partial charge is 0.225 e. The topological polar surface area (TPSA) is 93.3 Å². The van der Waals surface area contributed by atoms with Gasteiger partial charge in [0.15, 0.2) is 5.82 Å². The van der Waals surface area contributed by atoms with Gasteiger partial charge < -0.3 is 14.6 Å². The largest absolute Gasteiger partial charge is 0.467 e. The zero-order chi connectivity index (χ0) is 18.6. The van der Waals surface area contributed by atoms with Crippen molar-refractivity contribution in [2.45, 2.75) is 19.5 Å². The van der Waals surface area contributed by atoms with Crippen LogP contribution in [0.3, 0.4) is 0 Å². The Hall–Kier alpha value is -3.42. The van der Waals surface area contributed by atoms with Crippen LogP contribution in [0.1, 0.15) is 17.7 Å². The summed E-state index contributed by atoms with van der Waals surface area (Å²) in [6.07, 6.45) is 7.01. The minimum absolute atomic E-state index is 0.0307. The summed E-state index contributed by atoms with van der Waals surface area (Å²) in [5.74, 6) is 0.930. The highest BCUT2D eigenvalue weighted by Crippen LogP contribution is 2.20. The van der Waals surface area contributed by atoms with Gasteiger partial charge in [-0.3, -0.25) is 9.59 Å². The molecule has 3 aromatic rings. The van der Waals surface area contributed by atoms with Gasteiger partial charge in [-0.25, -0.2) is 9.67 Å². The van der Waals surface area contributed by atoms with Crippen molar-refractivity contribution in [3.8, 4) is 5.82 Å². The first-order chi connectivity index (χ1) is 13.2. The number of carbonyl (C=O) groups is 2. The van der Waals surface area contributed by atoms with E-state index in [-0.39, 0.29) is 24.2 Å². The normalized spacial score (nSPS) is 16.7. The lowest BCUT2D eigenvalue weighted by Gasteiger charge is -2.15. The fourth-order valence-corrected chi connectivity index (χ4v) is 3.09. The summed E-state index contributed by atoms with van der Waals surface area (Å²) in [6, 6.07) is 9.17. The van der Waals surface area contributed by atoms with Crippen molar-refractivity contribution in [3.05, 3.63) is 66.5 Å². The second kappa shape index (κ2) is 7.45. The van der Waals surface area contributed by atoms with Crippen LogP contribution >= 0.6 is 0 Å². The lowest BCUT2D eigenvalue weighted by Crippen LogP contribution is -2.32. The first-order valence-electron chi connectivity index (χ1n) is 8.72. The van der Waals surface area contributed by atoms with Crippen LogP contribution in [0, 0.1) is 5.92 Å². The minimum atomic E-state index is -0.344. The van der Waals surface area contributed by atoms with E-state index in [2.05, 4.69) is 15.4 Å². The van der Waals surface area contributed by atoms with E-state index in [9.17, 15) is 9.59 Å². The lowest BCUT2D eigenvalue weighted by molar-refractivity contribution is -0.129. The average Bonchev–Trinajstić information content (AvgIpc) is 3.44. The maximum atomic E-state index is 12.4. The maximum Gasteiger partial charge on any atom is 0.225 e. The number of carbonyl (C=O) groups excluding carboxylic acids is 2. The Labute approximate surface area is 155 Å². The Kier molecular flexibility index (Phi) is 4.69. The van der Waals surface area contributed by atoms with E-state index in [4.69, 9.17) is 4.42 Å². The Bertz CT molecular complexity index is 903. The van der Waals surface area contributed by atoms with Crippen LogP contribution in [-0.4, -0.2) is 38.0 Å². The summed E-state index contributed by atoms with van der Waals surface area (Å²) in [5.41, 5.74) is 0.885. The number of likely N-dealkylation sites (tertiary alicyclic amines) is 1. The molecule has 0 bridgehead atoms. The van der Waals surface area contributed by atoms with E-state index < -0.39 is 0 Å². The Morgan fingerprint density at radius 2 is 2.22 bits per heavy atom. The van der Waals surface area contributed by atoms with E-state index in [1.165, 1.54) is 0 Å². The molecule has 4 rings (SSSR count). The van der Waals surface area contributed by atoms with Gasteiger partial charge in [0.05, 0.1) is 18.7 Å². The molecule has 8 nitrogen and oxygen atoms in total. The van der Waals surface area contributed by atoms with Gasteiger partial charge in [0.25, 0.3) is 0 Å². The third-order valence-corrected chi connectivity index (χ3v) is 4.53. The summed E-state index contributed by atoms with van der Waals surface area (Å²) in [5, 5.41) is 7.02. The number of nitrogens with one attached hydrogen (secondary N) is 1. The maximum absolute atomic E-state index is 12.4. The second-order valence-electron chi connectivity index (χ2n) is 6.45. The summed E-state index contributed by atoms with van der Waals surface area (Å²) < 4.78 is 6.94. The van der Waals surface area contributed by atoms with E-state index in [0.717, 1.165) is 5.56 Å². The number of hydrogen-bond acceptors (Lipinski definition) is 5. The molecule has 1 saturated heterocycles. The van der Waals surface area contributed by atoms with Crippen LogP contribution in [0.15, 0.2) is 59.6 Å². The lowest BCUT2D eigenvalue weighted by atomic mass is 10.1. The molecule has 0 aromatic carbocycles. The number of rotatable bonds is 6. The third kappa shape index (κ3) is 3.89. The summed E-state index contributed by atoms with van der Waals surface area (Å²) in [7, 11) is 0. The molecule has 0 radical (unpaired) electrons. The summed E-state index contributed by atoms with van der Waals surface area (Å²) in [6.45, 7) is 1.17. The molecule has 138 valence electrons. The van der Waals surface area contributed by atoms with Gasteiger partial charge in [-0.05, 0) is 29.8 Å². The van der Waals surface area contributed by atoms with Gasteiger partial charge in [0.2, 0.25) is 11.8 Å². The molecule has 4 heterocycles. The van der Waals surface area contributed by atoms with Gasteiger partial charge in [0, 0.05) is 38.1 Å². The molecular formula is C19H19N5O3. The van der Waals surface area contributed by atoms with E-state index in [0.29, 0.717) is 31.2 Å². The molecule has 0 aliphatic carbocycles. The van der Waals surface area contributed by atoms with Crippen LogP contribution in [0.25, 0.3) is 5.82 Å². The van der Waals surface area contributed by atoms with Crippen LogP contribution in [0.5, 0.6) is 0 Å². The molecule has 2 amide bonds. The number of hydrogen-bond donors (Lipinski definition) is 1. The van der Waals surface area contributed by atoms with Gasteiger partial charge in [-0.2, -0.15) is 5.10 Å². The van der Waals surface area contributed by atoms with Crippen molar-refractivity contribution in [1.29, 1.82) is 0 Å². The van der Waals surface area contributed by atoms with Crippen molar-refractivity contribution < 1.29 is 14.0 Å². The number of pyridine rings is 1. The van der Waals surface area contributed by atoms with Crippen molar-refractivity contribution >= 4 is 11.8 Å². The molecule has 0 spiro atoms. The third-order valence-electron chi connectivity index (χ3n) is 4.53. The summed E-state index contributed by atoms with van der Waals surface area (Å²) in [4.78, 5) is 30.5. The molecule has 1 atom stereocenters. The highest BCUT2D eigenvalue weighted by atomic mass is 16.3. The number of nitrogens with zero attached hydrogens (tertiary/aromatic N) is 4. The zero-order valence-corrected chi connectivity index (χ0v) is 14.6. The van der Waals surface area contributed by atoms with Crippen molar-refractivity contribution in [3.63, 3.8) is 0 Å². The SMILES string of the molecule is O=C(NCc1ccc(-n2cccn2)nc1)[C@H]1CC(=O)N(Cc2ccco2)C1. The molecule has 3 aromatic heterocycles. The first-order valence-corrected chi connectivity index (χ1v) is 8.72. The predicted molar refractivity (Wildman–Crippen MR) is 95.4 cm³/mol. The monoisotopic (exact) mass is 365 g/mol. The van der Waals surface area contributed by atoms with Crippen LogP contribution in [0.4, 0.5) is 0 Å². The molecule has 27 heavy (non-hydrogen) atoms. The standard InChI is InChI=1S/C19H19N5O3/c25-18-9-15(12-23(18)13-16-3-1-8-27-16)19(26)21-11-14-4-5-17(20-10-14)24-7-2-6-22-24/h1-8,10,15H,9,11-13H2,(H,21,26)/t15-/m0/s1. The van der Waals surface area contributed by atoms with Gasteiger partial charge in [-0.1, -0.05) is 6.07 Å². The molecule has 1 fully saturated rings. The first kappa shape index (κ1) is 17.0. The fraction of sp³-hybridized carbons (Fsp3) is 0.263. The fourth-order valence-electron chi connectivity index (χ4n) is 3.09. The van der Waals surface area contributed by atoms with E-state index in [1.54, 1.807) is 34.3 Å². The Morgan fingerprint density at radius 3 is 2.93 bits per heavy atom. The number of furan rings is 1. The molecule has 1 aliphatic heterocycles. The van der Waals surface area contributed by atoms with Crippen molar-refractivity contribution in [2.75, 3.05) is 6.54 Å². The van der Waals surface area contributed by atoms with Crippen molar-refractivity contribution in [2.24, 2.45) is 5.92 Å². The Morgan fingerprint density at radius 1 is 1.30 bits per heavy atom. The van der Waals surface area contributed by atoms with Crippen LogP contribution < -0.4 is 5.32 Å². The molecular weight excluding hydrogens is 346 g/mol. The molecule has 0 saturated carbocycles. The van der Waals surface area contributed by atoms with Crippen LogP contribution in [0.2, 0.25) is 0 Å². The Balaban J connectivity index is 1.30. The second-order valence-corrected chi connectivity index (χ2v) is 6.45. The van der Waals surface area contributed by atoms with Gasteiger partial charge in [0.1, 0.15) is 5.76 Å². The quantitative estimate of drug-likeness (QED) is 0.715. The molecule has 1 aliphatic rings. The number of aromatic nitrogens is 3. The zero-order valence-electron chi connectivity index (χ0n) is 14.6. The van der Waals surface area contributed by atoms with Crippen molar-refractivity contribution in [1.82, 2.24) is 25.0 Å².